The smallest absolute Gasteiger partial charge is 0.231 e. The SMILES string of the molecule is CC(C)(C)CC(=O)Nc1cncc(-c2ccc3[nH]nc(-c4nc5c(-c6ccc7c(c6)OCO7)cncc5[nH]4)c3n2)c1. The summed E-state index contributed by atoms with van der Waals surface area (Å²) >= 11 is 0. The molecule has 1 aliphatic heterocycles. The first-order valence-corrected chi connectivity index (χ1v) is 13.2. The number of carbonyl (C=O) groups is 1. The van der Waals surface area contributed by atoms with Gasteiger partial charge >= 0.3 is 0 Å². The van der Waals surface area contributed by atoms with Gasteiger partial charge in [0, 0.05) is 29.9 Å². The standard InChI is InChI=1S/C30H26N8O3/c1-30(2,3)10-25(39)33-18-8-17(11-31-12-18)20-5-6-21-27(34-20)28(38-37-21)29-35-22-14-32-13-19(26(22)36-29)16-4-7-23-24(9-16)41-15-40-23/h4-9,11-14H,10,15H2,1-3H3,(H,33,39)(H,35,36)(H,37,38). The molecule has 0 saturated heterocycles. The minimum atomic E-state index is -0.114. The van der Waals surface area contributed by atoms with E-state index in [9.17, 15) is 4.79 Å². The summed E-state index contributed by atoms with van der Waals surface area (Å²) in [6.45, 7) is 6.29. The summed E-state index contributed by atoms with van der Waals surface area (Å²) in [5.74, 6) is 1.91. The van der Waals surface area contributed by atoms with Gasteiger partial charge in [0.05, 0.1) is 40.3 Å². The summed E-state index contributed by atoms with van der Waals surface area (Å²) in [7, 11) is 0. The fourth-order valence-corrected chi connectivity index (χ4v) is 4.88. The molecule has 3 N–H and O–H groups in total. The Morgan fingerprint density at radius 3 is 2.63 bits per heavy atom. The molecule has 11 heteroatoms. The van der Waals surface area contributed by atoms with E-state index in [2.05, 4.69) is 30.5 Å². The van der Waals surface area contributed by atoms with Crippen LogP contribution in [0.3, 0.4) is 0 Å². The van der Waals surface area contributed by atoms with Gasteiger partial charge in [0.2, 0.25) is 12.7 Å². The highest BCUT2D eigenvalue weighted by molar-refractivity contribution is 5.96. The Balaban J connectivity index is 1.24. The van der Waals surface area contributed by atoms with Crippen LogP contribution < -0.4 is 14.8 Å². The molecule has 0 radical (unpaired) electrons. The Hall–Kier alpha value is -5.32. The average molecular weight is 547 g/mol. The zero-order valence-corrected chi connectivity index (χ0v) is 22.6. The zero-order chi connectivity index (χ0) is 28.1. The molecule has 41 heavy (non-hydrogen) atoms. The normalized spacial score (nSPS) is 12.8. The second-order valence-electron chi connectivity index (χ2n) is 11.1. The van der Waals surface area contributed by atoms with Crippen LogP contribution in [-0.2, 0) is 4.79 Å². The van der Waals surface area contributed by atoms with E-state index in [4.69, 9.17) is 19.4 Å². The molecule has 0 aliphatic carbocycles. The number of aromatic amines is 2. The lowest BCUT2D eigenvalue weighted by molar-refractivity contribution is -0.117. The van der Waals surface area contributed by atoms with E-state index >= 15 is 0 Å². The van der Waals surface area contributed by atoms with Crippen LogP contribution in [-0.4, -0.2) is 47.8 Å². The highest BCUT2D eigenvalue weighted by Crippen LogP contribution is 2.38. The Bertz CT molecular complexity index is 1950. The summed E-state index contributed by atoms with van der Waals surface area (Å²) in [6, 6.07) is 11.5. The van der Waals surface area contributed by atoms with Gasteiger partial charge in [0.1, 0.15) is 5.52 Å². The molecule has 0 fully saturated rings. The van der Waals surface area contributed by atoms with Crippen LogP contribution in [0.15, 0.2) is 61.2 Å². The lowest BCUT2D eigenvalue weighted by Crippen LogP contribution is -2.19. The number of anilines is 1. The van der Waals surface area contributed by atoms with E-state index in [1.165, 1.54) is 0 Å². The van der Waals surface area contributed by atoms with Crippen molar-refractivity contribution in [3.63, 3.8) is 0 Å². The fraction of sp³-hybridized carbons (Fsp3) is 0.200. The number of pyridine rings is 3. The molecule has 6 aromatic rings. The molecule has 204 valence electrons. The van der Waals surface area contributed by atoms with Crippen LogP contribution in [0, 0.1) is 5.41 Å². The second kappa shape index (κ2) is 9.40. The molecule has 1 aliphatic rings. The quantitative estimate of drug-likeness (QED) is 0.249. The number of nitrogens with one attached hydrogen (secondary N) is 3. The maximum atomic E-state index is 12.5. The van der Waals surface area contributed by atoms with Gasteiger partial charge in [-0.2, -0.15) is 5.10 Å². The number of benzene rings is 1. The van der Waals surface area contributed by atoms with Crippen molar-refractivity contribution in [2.45, 2.75) is 27.2 Å². The van der Waals surface area contributed by atoms with Gasteiger partial charge < -0.3 is 19.8 Å². The van der Waals surface area contributed by atoms with Crippen LogP contribution in [0.2, 0.25) is 0 Å². The van der Waals surface area contributed by atoms with Crippen molar-refractivity contribution in [2.75, 3.05) is 12.1 Å². The van der Waals surface area contributed by atoms with E-state index in [0.717, 1.165) is 39.0 Å². The molecule has 0 atom stereocenters. The van der Waals surface area contributed by atoms with Gasteiger partial charge in [-0.05, 0) is 41.3 Å². The van der Waals surface area contributed by atoms with Gasteiger partial charge in [0.15, 0.2) is 23.0 Å². The Morgan fingerprint density at radius 1 is 0.902 bits per heavy atom. The van der Waals surface area contributed by atoms with E-state index in [1.807, 2.05) is 57.2 Å². The number of rotatable bonds is 5. The summed E-state index contributed by atoms with van der Waals surface area (Å²) in [6.07, 6.45) is 7.28. The highest BCUT2D eigenvalue weighted by atomic mass is 16.7. The number of hydrogen-bond donors (Lipinski definition) is 3. The molecular weight excluding hydrogens is 520 g/mol. The minimum Gasteiger partial charge on any atom is -0.454 e. The predicted octanol–water partition coefficient (Wildman–Crippen LogP) is 5.73. The summed E-state index contributed by atoms with van der Waals surface area (Å²) < 4.78 is 11.0. The third kappa shape index (κ3) is 4.71. The first kappa shape index (κ1) is 24.7. The van der Waals surface area contributed by atoms with Crippen molar-refractivity contribution in [2.24, 2.45) is 5.41 Å². The molecule has 1 amide bonds. The molecule has 6 heterocycles. The minimum absolute atomic E-state index is 0.0588. The Labute approximate surface area is 234 Å². The molecule has 0 bridgehead atoms. The second-order valence-corrected chi connectivity index (χ2v) is 11.1. The Morgan fingerprint density at radius 2 is 1.76 bits per heavy atom. The number of fused-ring (bicyclic) bond motifs is 3. The van der Waals surface area contributed by atoms with E-state index in [0.29, 0.717) is 40.6 Å². The van der Waals surface area contributed by atoms with Gasteiger partial charge in [-0.15, -0.1) is 0 Å². The third-order valence-electron chi connectivity index (χ3n) is 6.72. The number of imidazole rings is 1. The topological polar surface area (TPSA) is 144 Å². The van der Waals surface area contributed by atoms with Crippen LogP contribution in [0.5, 0.6) is 11.5 Å². The number of amides is 1. The molecule has 0 spiro atoms. The van der Waals surface area contributed by atoms with Crippen molar-refractivity contribution >= 4 is 33.7 Å². The first-order chi connectivity index (χ1) is 19.8. The van der Waals surface area contributed by atoms with Gasteiger partial charge in [-0.25, -0.2) is 9.97 Å². The lowest BCUT2D eigenvalue weighted by atomic mass is 9.92. The van der Waals surface area contributed by atoms with Crippen molar-refractivity contribution in [1.82, 2.24) is 35.1 Å². The highest BCUT2D eigenvalue weighted by Gasteiger charge is 2.20. The predicted molar refractivity (Wildman–Crippen MR) is 154 cm³/mol. The molecular formula is C30H26N8O3. The van der Waals surface area contributed by atoms with Crippen molar-refractivity contribution in [3.8, 4) is 45.4 Å². The molecule has 5 aromatic heterocycles. The van der Waals surface area contributed by atoms with Crippen molar-refractivity contribution in [1.29, 1.82) is 0 Å². The van der Waals surface area contributed by atoms with Crippen LogP contribution in [0.1, 0.15) is 27.2 Å². The van der Waals surface area contributed by atoms with E-state index < -0.39 is 0 Å². The van der Waals surface area contributed by atoms with Crippen LogP contribution >= 0.6 is 0 Å². The summed E-state index contributed by atoms with van der Waals surface area (Å²) in [5, 5.41) is 10.5. The molecule has 1 aromatic carbocycles. The molecule has 0 saturated carbocycles. The number of hydrogen-bond acceptors (Lipinski definition) is 8. The third-order valence-corrected chi connectivity index (χ3v) is 6.72. The fourth-order valence-electron chi connectivity index (χ4n) is 4.88. The number of nitrogens with zero attached hydrogens (tertiary/aromatic N) is 5. The molecule has 11 nitrogen and oxygen atoms in total. The number of aromatic nitrogens is 7. The van der Waals surface area contributed by atoms with Crippen molar-refractivity contribution in [3.05, 3.63) is 61.2 Å². The summed E-state index contributed by atoms with van der Waals surface area (Å²) in [4.78, 5) is 34.4. The van der Waals surface area contributed by atoms with Gasteiger partial charge in [-0.3, -0.25) is 19.9 Å². The average Bonchev–Trinajstić information content (AvgIpc) is 3.68. The lowest BCUT2D eigenvalue weighted by Gasteiger charge is -2.17. The maximum absolute atomic E-state index is 12.5. The van der Waals surface area contributed by atoms with E-state index in [-0.39, 0.29) is 18.1 Å². The molecule has 7 rings (SSSR count). The first-order valence-electron chi connectivity index (χ1n) is 13.2. The number of ether oxygens (including phenoxy) is 2. The zero-order valence-electron chi connectivity index (χ0n) is 22.6. The molecule has 0 unspecified atom stereocenters. The number of H-pyrrole nitrogens is 2. The van der Waals surface area contributed by atoms with Crippen LogP contribution in [0.4, 0.5) is 5.69 Å². The van der Waals surface area contributed by atoms with Gasteiger partial charge in [0.25, 0.3) is 0 Å². The Kier molecular flexibility index (Phi) is 5.67. The van der Waals surface area contributed by atoms with E-state index in [1.54, 1.807) is 24.8 Å². The maximum Gasteiger partial charge on any atom is 0.231 e. The summed E-state index contributed by atoms with van der Waals surface area (Å²) in [5.41, 5.74) is 7.26. The largest absolute Gasteiger partial charge is 0.454 e. The van der Waals surface area contributed by atoms with Crippen LogP contribution in [0.25, 0.3) is 56.0 Å². The number of carbonyl (C=O) groups excluding carboxylic acids is 1. The monoisotopic (exact) mass is 546 g/mol. The van der Waals surface area contributed by atoms with Gasteiger partial charge in [-0.1, -0.05) is 26.8 Å². The van der Waals surface area contributed by atoms with Crippen molar-refractivity contribution < 1.29 is 14.3 Å².